The second-order valence-corrected chi connectivity index (χ2v) is 9.35. The summed E-state index contributed by atoms with van der Waals surface area (Å²) in [6.07, 6.45) is 0.805. The quantitative estimate of drug-likeness (QED) is 0.549. The van der Waals surface area contributed by atoms with Crippen LogP contribution in [0.4, 0.5) is 16.2 Å². The van der Waals surface area contributed by atoms with Gasteiger partial charge in [0.2, 0.25) is 15.9 Å². The first-order valence-corrected chi connectivity index (χ1v) is 11.7. The lowest BCUT2D eigenvalue weighted by Crippen LogP contribution is -2.62. The molecule has 32 heavy (non-hydrogen) atoms. The predicted octanol–water partition coefficient (Wildman–Crippen LogP) is 1.54. The first kappa shape index (κ1) is 21.9. The number of nitrogens with one attached hydrogen (secondary N) is 4. The summed E-state index contributed by atoms with van der Waals surface area (Å²) >= 11 is 0. The predicted molar refractivity (Wildman–Crippen MR) is 119 cm³/mol. The zero-order valence-corrected chi connectivity index (χ0v) is 18.4. The molecular formula is C21H25N5O5S. The Kier molecular flexibility index (Phi) is 5.94. The van der Waals surface area contributed by atoms with Gasteiger partial charge in [0.15, 0.2) is 0 Å². The van der Waals surface area contributed by atoms with Crippen molar-refractivity contribution in [3.63, 3.8) is 0 Å². The molecule has 0 unspecified atom stereocenters. The van der Waals surface area contributed by atoms with Crippen LogP contribution in [0.5, 0.6) is 5.75 Å². The fourth-order valence-corrected chi connectivity index (χ4v) is 5.49. The number of sulfonamides is 1. The number of hydrogen-bond acceptors (Lipinski definition) is 6. The Labute approximate surface area is 186 Å². The number of piperidine rings is 1. The van der Waals surface area contributed by atoms with Crippen LogP contribution >= 0.6 is 0 Å². The van der Waals surface area contributed by atoms with E-state index < -0.39 is 21.7 Å². The Morgan fingerprint density at radius 3 is 2.53 bits per heavy atom. The number of anilines is 2. The molecule has 0 aliphatic carbocycles. The van der Waals surface area contributed by atoms with Gasteiger partial charge in [-0.2, -0.15) is 4.72 Å². The molecule has 2 heterocycles. The van der Waals surface area contributed by atoms with E-state index in [-0.39, 0.29) is 17.3 Å². The average molecular weight is 460 g/mol. The average Bonchev–Trinajstić information content (AvgIpc) is 2.78. The molecule has 0 aromatic heterocycles. The molecule has 2 aliphatic rings. The highest BCUT2D eigenvalue weighted by Gasteiger charge is 2.43. The molecule has 4 rings (SSSR count). The number of hydrogen-bond donors (Lipinski definition) is 4. The Bertz CT molecular complexity index is 1130. The van der Waals surface area contributed by atoms with Gasteiger partial charge >= 0.3 is 6.03 Å². The SMILES string of the molecule is COc1ccccc1NC(=O)NCC(=O)N1CCC2(CC1)Nc1ccccc1S(=O)(=O)N2. The molecule has 1 fully saturated rings. The number of amides is 3. The van der Waals surface area contributed by atoms with E-state index in [1.54, 1.807) is 53.4 Å². The van der Waals surface area contributed by atoms with Crippen LogP contribution in [-0.4, -0.2) is 57.7 Å². The van der Waals surface area contributed by atoms with E-state index >= 15 is 0 Å². The maximum absolute atomic E-state index is 12.6. The van der Waals surface area contributed by atoms with E-state index in [1.165, 1.54) is 7.11 Å². The summed E-state index contributed by atoms with van der Waals surface area (Å²) in [5.41, 5.74) is 0.218. The lowest BCUT2D eigenvalue weighted by atomic mass is 9.97. The summed E-state index contributed by atoms with van der Waals surface area (Å²) in [7, 11) is -2.13. The molecule has 3 amide bonds. The van der Waals surface area contributed by atoms with Crippen molar-refractivity contribution in [2.45, 2.75) is 23.4 Å². The highest BCUT2D eigenvalue weighted by molar-refractivity contribution is 7.89. The van der Waals surface area contributed by atoms with Crippen LogP contribution in [0.15, 0.2) is 53.4 Å². The van der Waals surface area contributed by atoms with Crippen LogP contribution in [0.25, 0.3) is 0 Å². The molecule has 1 saturated heterocycles. The van der Waals surface area contributed by atoms with E-state index in [2.05, 4.69) is 20.7 Å². The molecule has 0 radical (unpaired) electrons. The van der Waals surface area contributed by atoms with Crippen LogP contribution < -0.4 is 25.4 Å². The van der Waals surface area contributed by atoms with Crippen molar-refractivity contribution in [1.82, 2.24) is 14.9 Å². The van der Waals surface area contributed by atoms with E-state index in [0.717, 1.165) is 0 Å². The van der Waals surface area contributed by atoms with Gasteiger partial charge in [-0.25, -0.2) is 13.2 Å². The molecule has 2 aliphatic heterocycles. The molecule has 0 saturated carbocycles. The summed E-state index contributed by atoms with van der Waals surface area (Å²) < 4.78 is 33.2. The van der Waals surface area contributed by atoms with Gasteiger partial charge in [0.25, 0.3) is 0 Å². The number of rotatable bonds is 4. The zero-order valence-electron chi connectivity index (χ0n) is 17.6. The first-order valence-electron chi connectivity index (χ1n) is 10.2. The van der Waals surface area contributed by atoms with Crippen molar-refractivity contribution in [2.24, 2.45) is 0 Å². The van der Waals surface area contributed by atoms with Crippen molar-refractivity contribution in [1.29, 1.82) is 0 Å². The van der Waals surface area contributed by atoms with Crippen molar-refractivity contribution in [2.75, 3.05) is 37.4 Å². The largest absolute Gasteiger partial charge is 0.495 e. The monoisotopic (exact) mass is 459 g/mol. The minimum absolute atomic E-state index is 0.171. The van der Waals surface area contributed by atoms with E-state index in [4.69, 9.17) is 4.74 Å². The lowest BCUT2D eigenvalue weighted by Gasteiger charge is -2.45. The Morgan fingerprint density at radius 2 is 1.78 bits per heavy atom. The molecule has 170 valence electrons. The molecule has 0 atom stereocenters. The van der Waals surface area contributed by atoms with E-state index in [9.17, 15) is 18.0 Å². The minimum atomic E-state index is -3.64. The number of benzene rings is 2. The summed E-state index contributed by atoms with van der Waals surface area (Å²) in [4.78, 5) is 26.6. The van der Waals surface area contributed by atoms with Crippen LogP contribution in [0, 0.1) is 0 Å². The molecule has 2 aromatic rings. The third-order valence-corrected chi connectivity index (χ3v) is 7.20. The number of urea groups is 1. The topological polar surface area (TPSA) is 129 Å². The molecule has 2 aromatic carbocycles. The number of carbonyl (C=O) groups is 2. The Balaban J connectivity index is 1.31. The normalized spacial score (nSPS) is 18.2. The van der Waals surface area contributed by atoms with Gasteiger partial charge in [0.1, 0.15) is 16.3 Å². The highest BCUT2D eigenvalue weighted by atomic mass is 32.2. The van der Waals surface area contributed by atoms with Crippen molar-refractivity contribution in [3.8, 4) is 5.75 Å². The number of nitrogens with zero attached hydrogens (tertiary/aromatic N) is 1. The Morgan fingerprint density at radius 1 is 1.09 bits per heavy atom. The smallest absolute Gasteiger partial charge is 0.319 e. The second kappa shape index (κ2) is 8.67. The van der Waals surface area contributed by atoms with E-state index in [1.807, 2.05) is 0 Å². The maximum atomic E-state index is 12.6. The third kappa shape index (κ3) is 4.48. The summed E-state index contributed by atoms with van der Waals surface area (Å²) in [6, 6.07) is 13.2. The van der Waals surface area contributed by atoms with Crippen LogP contribution in [0.1, 0.15) is 12.8 Å². The molecule has 4 N–H and O–H groups in total. The van der Waals surface area contributed by atoms with Crippen molar-refractivity contribution in [3.05, 3.63) is 48.5 Å². The van der Waals surface area contributed by atoms with Gasteiger partial charge in [-0.1, -0.05) is 24.3 Å². The minimum Gasteiger partial charge on any atom is -0.495 e. The lowest BCUT2D eigenvalue weighted by molar-refractivity contribution is -0.131. The summed E-state index contributed by atoms with van der Waals surface area (Å²) in [5, 5.41) is 8.50. The molecule has 0 bridgehead atoms. The highest BCUT2D eigenvalue weighted by Crippen LogP contribution is 2.34. The van der Waals surface area contributed by atoms with Crippen molar-refractivity contribution >= 4 is 33.3 Å². The summed E-state index contributed by atoms with van der Waals surface area (Å²) in [6.45, 7) is 0.536. The van der Waals surface area contributed by atoms with Gasteiger partial charge in [0, 0.05) is 25.9 Å². The number of likely N-dealkylation sites (tertiary alicyclic amines) is 1. The fraction of sp³-hybridized carbons (Fsp3) is 0.333. The zero-order chi connectivity index (χ0) is 22.8. The number of carbonyl (C=O) groups excluding carboxylic acids is 2. The van der Waals surface area contributed by atoms with Crippen LogP contribution in [0.3, 0.4) is 0 Å². The molecule has 1 spiro atoms. The van der Waals surface area contributed by atoms with Crippen LogP contribution in [0.2, 0.25) is 0 Å². The third-order valence-electron chi connectivity index (χ3n) is 5.61. The van der Waals surface area contributed by atoms with E-state index in [0.29, 0.717) is 43.1 Å². The van der Waals surface area contributed by atoms with Gasteiger partial charge < -0.3 is 25.6 Å². The first-order chi connectivity index (χ1) is 15.3. The van der Waals surface area contributed by atoms with Gasteiger partial charge in [-0.15, -0.1) is 0 Å². The van der Waals surface area contributed by atoms with Crippen molar-refractivity contribution < 1.29 is 22.7 Å². The fourth-order valence-electron chi connectivity index (χ4n) is 3.95. The number of methoxy groups -OCH3 is 1. The summed E-state index contributed by atoms with van der Waals surface area (Å²) in [5.74, 6) is 0.272. The second-order valence-electron chi connectivity index (χ2n) is 7.70. The molecular weight excluding hydrogens is 434 g/mol. The number of ether oxygens (including phenoxy) is 1. The van der Waals surface area contributed by atoms with Crippen LogP contribution in [-0.2, 0) is 14.8 Å². The Hall–Kier alpha value is -3.31. The standard InChI is InChI=1S/C21H25N5O5S/c1-31-17-8-4-2-6-15(17)23-20(28)22-14-19(27)26-12-10-21(11-13-26)24-16-7-3-5-9-18(16)32(29,30)25-21/h2-9,24-25H,10-14H2,1H3,(H2,22,23,28). The van der Waals surface area contributed by atoms with Gasteiger partial charge in [-0.3, -0.25) is 4.79 Å². The number of para-hydroxylation sites is 3. The van der Waals surface area contributed by atoms with Gasteiger partial charge in [0.05, 0.1) is 25.0 Å². The van der Waals surface area contributed by atoms with Gasteiger partial charge in [-0.05, 0) is 24.3 Å². The molecule has 11 heteroatoms. The maximum Gasteiger partial charge on any atom is 0.319 e. The number of fused-ring (bicyclic) bond motifs is 1. The molecule has 10 nitrogen and oxygen atoms in total.